The first kappa shape index (κ1) is 16.0. The Labute approximate surface area is 64.0 Å². The number of nitrogens with two attached hydrogens (primary N) is 2. The van der Waals surface area contributed by atoms with E-state index >= 15 is 0 Å². The molecular weight excluding hydrogens is 103 g/mol. The Morgan fingerprint density at radius 1 is 1.00 bits per heavy atom. The smallest absolute Gasteiger partial charge is 0.337 e. The molecule has 0 aromatic heterocycles. The summed E-state index contributed by atoms with van der Waals surface area (Å²) in [5.41, 5.74) is 8.31. The predicted molar refractivity (Wildman–Crippen MR) is 19.6 cm³/mol. The van der Waals surface area contributed by atoms with Crippen LogP contribution in [0.2, 0.25) is 0 Å². The average molecular weight is 107 g/mol. The summed E-state index contributed by atoms with van der Waals surface area (Å²) in [6, 6.07) is 0. The quantitative estimate of drug-likeness (QED) is 0.186. The molecule has 0 bridgehead atoms. The Kier molecular flexibility index (Phi) is 107. The molecule has 0 fully saturated rings. The number of hydrogen-bond donors (Lipinski definition) is 2. The fraction of sp³-hybridized carbons (Fsp3) is 0. The molecule has 0 amide bonds. The van der Waals surface area contributed by atoms with Gasteiger partial charge in [0, 0.05) is 0 Å². The summed E-state index contributed by atoms with van der Waals surface area (Å²) in [6.45, 7) is 0. The van der Waals surface area contributed by atoms with Crippen LogP contribution < -0.4 is 41.0 Å². The summed E-state index contributed by atoms with van der Waals surface area (Å²) >= 11 is 0. The molecule has 0 saturated carbocycles. The largest absolute Gasteiger partial charge is 1.00 e. The first-order valence-electron chi connectivity index (χ1n) is 1.02. The van der Waals surface area contributed by atoms with E-state index < -0.39 is 0 Å². The second-order valence-electron chi connectivity index (χ2n) is 0.258. The number of rotatable bonds is 0. The molecular formula is C2H4N4Na+. The van der Waals surface area contributed by atoms with Crippen molar-refractivity contribution in [2.75, 3.05) is 0 Å². The van der Waals surface area contributed by atoms with Gasteiger partial charge in [-0.2, -0.15) is 10.5 Å². The zero-order valence-corrected chi connectivity index (χ0v) is 6.05. The van der Waals surface area contributed by atoms with Crippen molar-refractivity contribution in [1.29, 1.82) is 10.5 Å². The second kappa shape index (κ2) is 46.9. The van der Waals surface area contributed by atoms with Gasteiger partial charge in [-0.15, -0.1) is 0 Å². The maximum atomic E-state index is 7.10. The van der Waals surface area contributed by atoms with Crippen molar-refractivity contribution in [3.63, 3.8) is 0 Å². The summed E-state index contributed by atoms with van der Waals surface area (Å²) in [6.07, 6.45) is 2.50. The van der Waals surface area contributed by atoms with Crippen LogP contribution in [0.4, 0.5) is 0 Å². The molecule has 0 aliphatic carbocycles. The van der Waals surface area contributed by atoms with Crippen molar-refractivity contribution in [3.8, 4) is 12.4 Å². The summed E-state index contributed by atoms with van der Waals surface area (Å²) in [5.74, 6) is 0. The molecule has 0 aliphatic heterocycles. The first-order valence-corrected chi connectivity index (χ1v) is 1.02. The van der Waals surface area contributed by atoms with Gasteiger partial charge >= 0.3 is 29.6 Å². The molecule has 0 heterocycles. The Morgan fingerprint density at radius 3 is 1.00 bits per heavy atom. The minimum Gasteiger partial charge on any atom is -0.337 e. The number of nitriles is 2. The SMILES string of the molecule is N#CN.N#CN.[Na+]. The molecule has 0 aliphatic rings. The van der Waals surface area contributed by atoms with Crippen molar-refractivity contribution >= 4 is 0 Å². The van der Waals surface area contributed by atoms with E-state index in [1.54, 1.807) is 0 Å². The van der Waals surface area contributed by atoms with E-state index in [0.29, 0.717) is 0 Å². The maximum Gasteiger partial charge on any atom is 1.00 e. The first-order chi connectivity index (χ1) is 2.83. The monoisotopic (exact) mass is 107 g/mol. The van der Waals surface area contributed by atoms with Crippen LogP contribution in [0.15, 0.2) is 0 Å². The molecule has 0 aromatic carbocycles. The molecule has 0 unspecified atom stereocenters. The minimum absolute atomic E-state index is 0. The van der Waals surface area contributed by atoms with Gasteiger partial charge in [0.05, 0.1) is 0 Å². The molecule has 7 heavy (non-hydrogen) atoms. The van der Waals surface area contributed by atoms with Crippen LogP contribution in [0.3, 0.4) is 0 Å². The van der Waals surface area contributed by atoms with Crippen molar-refractivity contribution in [2.45, 2.75) is 0 Å². The Hall–Kier alpha value is -0.420. The minimum atomic E-state index is 0. The average Bonchev–Trinajstić information content (AvgIpc) is 1.39. The van der Waals surface area contributed by atoms with Crippen molar-refractivity contribution in [1.82, 2.24) is 0 Å². The predicted octanol–water partition coefficient (Wildman–Crippen LogP) is -4.14. The molecule has 0 saturated heterocycles. The van der Waals surface area contributed by atoms with Crippen molar-refractivity contribution < 1.29 is 29.6 Å². The van der Waals surface area contributed by atoms with Crippen LogP contribution in [0.5, 0.6) is 0 Å². The second-order valence-corrected chi connectivity index (χ2v) is 0.258. The van der Waals surface area contributed by atoms with Crippen LogP contribution in [0.25, 0.3) is 0 Å². The van der Waals surface area contributed by atoms with Gasteiger partial charge in [-0.1, -0.05) is 0 Å². The number of nitrogens with zero attached hydrogens (tertiary/aromatic N) is 2. The van der Waals surface area contributed by atoms with Gasteiger partial charge in [-0.3, -0.25) is 0 Å². The van der Waals surface area contributed by atoms with Gasteiger partial charge in [0.2, 0.25) is 0 Å². The molecule has 0 aromatic rings. The summed E-state index contributed by atoms with van der Waals surface area (Å²) in [4.78, 5) is 0. The van der Waals surface area contributed by atoms with Crippen LogP contribution >= 0.6 is 0 Å². The van der Waals surface area contributed by atoms with Crippen molar-refractivity contribution in [2.24, 2.45) is 11.5 Å². The van der Waals surface area contributed by atoms with Crippen LogP contribution in [0.1, 0.15) is 0 Å². The van der Waals surface area contributed by atoms with E-state index in [0.717, 1.165) is 0 Å². The molecule has 0 rings (SSSR count). The van der Waals surface area contributed by atoms with E-state index in [1.165, 1.54) is 12.4 Å². The third-order valence-corrected chi connectivity index (χ3v) is 0. The van der Waals surface area contributed by atoms with Crippen LogP contribution in [-0.4, -0.2) is 0 Å². The molecule has 32 valence electrons. The molecule has 0 spiro atoms. The summed E-state index contributed by atoms with van der Waals surface area (Å²) in [7, 11) is 0. The van der Waals surface area contributed by atoms with Crippen LogP contribution in [0, 0.1) is 22.9 Å². The van der Waals surface area contributed by atoms with Gasteiger partial charge in [0.1, 0.15) is 0 Å². The van der Waals surface area contributed by atoms with E-state index in [9.17, 15) is 0 Å². The zero-order valence-electron chi connectivity index (χ0n) is 4.05. The molecule has 0 radical (unpaired) electrons. The van der Waals surface area contributed by atoms with Gasteiger partial charge in [0.25, 0.3) is 0 Å². The fourth-order valence-electron chi connectivity index (χ4n) is 0. The topological polar surface area (TPSA) is 99.6 Å². The standard InChI is InChI=1S/2CH2N2.Na/c2*2-1-3;/h2*2H2;/q;;+1. The van der Waals surface area contributed by atoms with Gasteiger partial charge in [0.15, 0.2) is 12.4 Å². The molecule has 4 N–H and O–H groups in total. The Balaban J connectivity index is -0.0000000400. The normalized spacial score (nSPS) is 2.00. The van der Waals surface area contributed by atoms with Crippen molar-refractivity contribution in [3.05, 3.63) is 0 Å². The molecule has 0 atom stereocenters. The van der Waals surface area contributed by atoms with E-state index in [-0.39, 0.29) is 29.6 Å². The summed E-state index contributed by atoms with van der Waals surface area (Å²) in [5, 5.41) is 14.2. The van der Waals surface area contributed by atoms with Gasteiger partial charge < -0.3 is 11.5 Å². The third-order valence-electron chi connectivity index (χ3n) is 0. The van der Waals surface area contributed by atoms with Gasteiger partial charge in [-0.25, -0.2) is 0 Å². The summed E-state index contributed by atoms with van der Waals surface area (Å²) < 4.78 is 0. The van der Waals surface area contributed by atoms with Gasteiger partial charge in [-0.05, 0) is 0 Å². The molecule has 5 heteroatoms. The Morgan fingerprint density at radius 2 is 1.00 bits per heavy atom. The zero-order chi connectivity index (χ0) is 5.41. The number of hydrogen-bond acceptors (Lipinski definition) is 4. The Bertz CT molecular complexity index is 64.7. The maximum absolute atomic E-state index is 7.10. The third kappa shape index (κ3) is 405. The van der Waals surface area contributed by atoms with E-state index in [2.05, 4.69) is 11.5 Å². The fourth-order valence-corrected chi connectivity index (χ4v) is 0. The van der Waals surface area contributed by atoms with E-state index in [1.807, 2.05) is 0 Å². The van der Waals surface area contributed by atoms with Crippen LogP contribution in [-0.2, 0) is 0 Å². The van der Waals surface area contributed by atoms with E-state index in [4.69, 9.17) is 10.5 Å². The molecule has 4 nitrogen and oxygen atoms in total.